The van der Waals surface area contributed by atoms with E-state index in [0.29, 0.717) is 0 Å². The lowest BCUT2D eigenvalue weighted by atomic mass is 9.96. The van der Waals surface area contributed by atoms with Gasteiger partial charge < -0.3 is 0 Å². The summed E-state index contributed by atoms with van der Waals surface area (Å²) in [5.74, 6) is 0. The van der Waals surface area contributed by atoms with Crippen LogP contribution in [0.4, 0.5) is 0 Å². The minimum absolute atomic E-state index is 1.14. The van der Waals surface area contributed by atoms with E-state index < -0.39 is 0 Å². The predicted molar refractivity (Wildman–Crippen MR) is 230 cm³/mol. The molecule has 0 aliphatic heterocycles. The molecule has 6 aromatic carbocycles. The fourth-order valence-corrected chi connectivity index (χ4v) is 6.64. The molecular formula is C52H38N2. The Labute approximate surface area is 317 Å². The lowest BCUT2D eigenvalue weighted by Gasteiger charge is -2.09. The monoisotopic (exact) mass is 690 g/mol. The lowest BCUT2D eigenvalue weighted by Crippen LogP contribution is -1.89. The summed E-state index contributed by atoms with van der Waals surface area (Å²) in [6, 6.07) is 59.8. The van der Waals surface area contributed by atoms with Crippen LogP contribution in [0.15, 0.2) is 195 Å². The highest BCUT2D eigenvalue weighted by atomic mass is 14.6. The van der Waals surface area contributed by atoms with Crippen LogP contribution < -0.4 is 0 Å². The average Bonchev–Trinajstić information content (AvgIpc) is 3.25. The highest BCUT2D eigenvalue weighted by Gasteiger charge is 2.07. The Balaban J connectivity index is 1.05. The molecule has 0 atom stereocenters. The first-order valence-corrected chi connectivity index (χ1v) is 18.2. The summed E-state index contributed by atoms with van der Waals surface area (Å²) in [6.45, 7) is 0. The van der Waals surface area contributed by atoms with Crippen molar-refractivity contribution in [3.8, 4) is 0 Å². The third kappa shape index (κ3) is 8.31. The molecule has 0 amide bonds. The maximum Gasteiger partial charge on any atom is 0.0273 e. The van der Waals surface area contributed by atoms with Crippen molar-refractivity contribution in [2.75, 3.05) is 0 Å². The molecule has 0 aliphatic rings. The van der Waals surface area contributed by atoms with Crippen LogP contribution in [0.25, 0.3) is 58.4 Å². The van der Waals surface area contributed by atoms with Crippen LogP contribution in [0.1, 0.15) is 55.6 Å². The molecular weight excluding hydrogens is 653 g/mol. The summed E-state index contributed by atoms with van der Waals surface area (Å²) in [5, 5.41) is 2.44. The maximum atomic E-state index is 4.22. The van der Waals surface area contributed by atoms with E-state index in [2.05, 4.69) is 216 Å². The van der Waals surface area contributed by atoms with E-state index in [1.54, 1.807) is 0 Å². The molecule has 0 fully saturated rings. The van der Waals surface area contributed by atoms with E-state index in [-0.39, 0.29) is 0 Å². The van der Waals surface area contributed by atoms with Crippen molar-refractivity contribution in [3.63, 3.8) is 0 Å². The van der Waals surface area contributed by atoms with Gasteiger partial charge in [0.05, 0.1) is 0 Å². The zero-order valence-corrected chi connectivity index (χ0v) is 29.8. The maximum absolute atomic E-state index is 4.22. The minimum Gasteiger partial charge on any atom is -0.265 e. The third-order valence-electron chi connectivity index (χ3n) is 9.51. The number of nitrogens with zero attached hydrogens (tertiary/aromatic N) is 2. The van der Waals surface area contributed by atoms with Gasteiger partial charge in [0.25, 0.3) is 0 Å². The standard InChI is InChI=1S/C52H38N2/c1-3-9-43(10-4-1)51(45-27-31-53-32-28-45)35-41-19-15-39(16-20-41)23-25-49-37-47-13-7-8-14-48(47)38-50(49)26-24-40-17-21-42(22-18-40)36-52(44-11-5-2-6-12-44)46-29-33-54-34-30-46/h1-38H. The molecule has 2 nitrogen and oxygen atoms in total. The van der Waals surface area contributed by atoms with E-state index >= 15 is 0 Å². The van der Waals surface area contributed by atoms with Crippen molar-refractivity contribution in [2.24, 2.45) is 0 Å². The first-order chi connectivity index (χ1) is 26.7. The van der Waals surface area contributed by atoms with Crippen LogP contribution in [0.2, 0.25) is 0 Å². The molecule has 8 rings (SSSR count). The number of fused-ring (bicyclic) bond motifs is 1. The Hall–Kier alpha value is -7.16. The Morgan fingerprint density at radius 3 is 1.04 bits per heavy atom. The second-order valence-electron chi connectivity index (χ2n) is 13.1. The van der Waals surface area contributed by atoms with E-state index in [9.17, 15) is 0 Å². The second-order valence-corrected chi connectivity index (χ2v) is 13.1. The zero-order valence-electron chi connectivity index (χ0n) is 29.8. The van der Waals surface area contributed by atoms with Gasteiger partial charge in [-0.3, -0.25) is 9.97 Å². The largest absolute Gasteiger partial charge is 0.265 e. The fraction of sp³-hybridized carbons (Fsp3) is 0. The summed E-state index contributed by atoms with van der Waals surface area (Å²) in [5.41, 5.74) is 13.9. The lowest BCUT2D eigenvalue weighted by molar-refractivity contribution is 1.32. The molecule has 0 radical (unpaired) electrons. The van der Waals surface area contributed by atoms with Gasteiger partial charge in [0.15, 0.2) is 0 Å². The topological polar surface area (TPSA) is 25.8 Å². The molecule has 2 heterocycles. The number of hydrogen-bond donors (Lipinski definition) is 0. The zero-order chi connectivity index (χ0) is 36.4. The minimum atomic E-state index is 1.14. The molecule has 256 valence electrons. The summed E-state index contributed by atoms with van der Waals surface area (Å²) in [4.78, 5) is 8.44. The molecule has 0 aliphatic carbocycles. The number of benzene rings is 6. The van der Waals surface area contributed by atoms with Crippen molar-refractivity contribution < 1.29 is 0 Å². The highest BCUT2D eigenvalue weighted by molar-refractivity contribution is 5.94. The van der Waals surface area contributed by atoms with Gasteiger partial charge in [-0.15, -0.1) is 0 Å². The van der Waals surface area contributed by atoms with Gasteiger partial charge in [-0.05, 0) is 126 Å². The van der Waals surface area contributed by atoms with Crippen molar-refractivity contribution in [2.45, 2.75) is 0 Å². The van der Waals surface area contributed by atoms with Gasteiger partial charge >= 0.3 is 0 Å². The van der Waals surface area contributed by atoms with Crippen molar-refractivity contribution >= 4 is 58.4 Å². The van der Waals surface area contributed by atoms with Gasteiger partial charge in [0.2, 0.25) is 0 Å². The summed E-state index contributed by atoms with van der Waals surface area (Å²) in [7, 11) is 0. The molecule has 0 saturated carbocycles. The first-order valence-electron chi connectivity index (χ1n) is 18.2. The average molecular weight is 691 g/mol. The van der Waals surface area contributed by atoms with Crippen LogP contribution >= 0.6 is 0 Å². The van der Waals surface area contributed by atoms with E-state index in [0.717, 1.165) is 33.4 Å². The molecule has 0 N–H and O–H groups in total. The van der Waals surface area contributed by atoms with Crippen LogP contribution in [0.5, 0.6) is 0 Å². The Morgan fingerprint density at radius 1 is 0.315 bits per heavy atom. The van der Waals surface area contributed by atoms with Gasteiger partial charge in [0, 0.05) is 24.8 Å². The van der Waals surface area contributed by atoms with Crippen molar-refractivity contribution in [1.82, 2.24) is 9.97 Å². The van der Waals surface area contributed by atoms with Crippen molar-refractivity contribution in [1.29, 1.82) is 0 Å². The number of aromatic nitrogens is 2. The van der Waals surface area contributed by atoms with E-state index in [4.69, 9.17) is 0 Å². The van der Waals surface area contributed by atoms with E-state index in [1.807, 2.05) is 24.8 Å². The Bertz CT molecular complexity index is 2320. The highest BCUT2D eigenvalue weighted by Crippen LogP contribution is 2.29. The SMILES string of the molecule is C(=Cc1cc2ccccc2cc1C=Cc1ccc(C=C(c2ccccc2)c2ccncc2)cc1)c1ccc(C=C(c2ccccc2)c2ccncc2)cc1. The van der Waals surface area contributed by atoms with Crippen LogP contribution in [-0.2, 0) is 0 Å². The van der Waals surface area contributed by atoms with E-state index in [1.165, 1.54) is 44.2 Å². The number of rotatable bonds is 10. The van der Waals surface area contributed by atoms with Gasteiger partial charge in [-0.1, -0.05) is 158 Å². The van der Waals surface area contributed by atoms with Gasteiger partial charge in [-0.25, -0.2) is 0 Å². The summed E-state index contributed by atoms with van der Waals surface area (Å²) >= 11 is 0. The van der Waals surface area contributed by atoms with Crippen molar-refractivity contribution in [3.05, 3.63) is 250 Å². The van der Waals surface area contributed by atoms with Crippen LogP contribution in [0, 0.1) is 0 Å². The van der Waals surface area contributed by atoms with Gasteiger partial charge in [-0.2, -0.15) is 0 Å². The third-order valence-corrected chi connectivity index (χ3v) is 9.51. The normalized spacial score (nSPS) is 12.1. The Morgan fingerprint density at radius 2 is 0.648 bits per heavy atom. The number of hydrogen-bond acceptors (Lipinski definition) is 2. The molecule has 0 spiro atoms. The second kappa shape index (κ2) is 16.5. The Kier molecular flexibility index (Phi) is 10.3. The molecule has 54 heavy (non-hydrogen) atoms. The summed E-state index contributed by atoms with van der Waals surface area (Å²) < 4.78 is 0. The summed E-state index contributed by atoms with van der Waals surface area (Å²) in [6.07, 6.45) is 20.7. The molecule has 2 heteroatoms. The molecule has 0 unspecified atom stereocenters. The number of pyridine rings is 2. The molecule has 0 bridgehead atoms. The molecule has 8 aromatic rings. The predicted octanol–water partition coefficient (Wildman–Crippen LogP) is 13.1. The molecule has 2 aromatic heterocycles. The first kappa shape index (κ1) is 34.0. The smallest absolute Gasteiger partial charge is 0.0273 e. The van der Waals surface area contributed by atoms with Crippen LogP contribution in [0.3, 0.4) is 0 Å². The fourth-order valence-electron chi connectivity index (χ4n) is 6.64. The quantitative estimate of drug-likeness (QED) is 0.134. The van der Waals surface area contributed by atoms with Crippen LogP contribution in [-0.4, -0.2) is 9.97 Å². The molecule has 0 saturated heterocycles. The van der Waals surface area contributed by atoms with Gasteiger partial charge in [0.1, 0.15) is 0 Å².